The topological polar surface area (TPSA) is 77.7 Å². The average molecular weight is 474 g/mol. The normalized spacial score (nSPS) is 15.5. The third kappa shape index (κ3) is 4.04. The molecule has 0 unspecified atom stereocenters. The molecule has 0 radical (unpaired) electrons. The number of benzene rings is 2. The molecular weight excluding hydrogens is 456 g/mol. The van der Waals surface area contributed by atoms with Gasteiger partial charge in [0, 0.05) is 18.3 Å². The molecule has 5 rings (SSSR count). The molecule has 2 N–H and O–H groups in total. The Hall–Kier alpha value is -4.02. The second-order valence-corrected chi connectivity index (χ2v) is 7.92. The number of amides is 1. The summed E-state index contributed by atoms with van der Waals surface area (Å²) in [5.74, 6) is -1.22. The molecule has 176 valence electrons. The molecule has 11 heteroatoms. The molecule has 0 saturated carbocycles. The highest BCUT2D eigenvalue weighted by Crippen LogP contribution is 2.41. The van der Waals surface area contributed by atoms with Crippen LogP contribution < -0.4 is 25.4 Å². The van der Waals surface area contributed by atoms with Crippen molar-refractivity contribution in [1.29, 1.82) is 0 Å². The standard InChI is InChI=1S/C23H18F4N4O3/c24-14-3-5-17-13(10-14)2-1-9-28-21-19(7-8-20(32)29-21)31-12-30(17)18-6-4-15(34-23(25,26)27)11-16(18)22(31)33/h3-8,10-11H,1-2,9,12H2,(H2,28,29,32). The molecule has 2 aliphatic heterocycles. The van der Waals surface area contributed by atoms with Crippen molar-refractivity contribution in [2.75, 3.05) is 28.3 Å². The quantitative estimate of drug-likeness (QED) is 0.507. The van der Waals surface area contributed by atoms with E-state index in [0.29, 0.717) is 47.8 Å². The summed E-state index contributed by atoms with van der Waals surface area (Å²) >= 11 is 0. The predicted molar refractivity (Wildman–Crippen MR) is 117 cm³/mol. The fraction of sp³-hybridized carbons (Fsp3) is 0.217. The maximum atomic E-state index is 14.1. The molecule has 1 aromatic heterocycles. The number of fused-ring (bicyclic) bond motifs is 8. The number of ether oxygens (including phenoxy) is 1. The number of anilines is 4. The first-order valence-corrected chi connectivity index (χ1v) is 10.4. The minimum absolute atomic E-state index is 0.00926. The number of nitrogens with one attached hydrogen (secondary N) is 2. The number of carbonyl (C=O) groups is 1. The highest BCUT2D eigenvalue weighted by molar-refractivity contribution is 6.13. The Morgan fingerprint density at radius 2 is 1.68 bits per heavy atom. The largest absolute Gasteiger partial charge is 0.573 e. The number of pyridine rings is 1. The van der Waals surface area contributed by atoms with Gasteiger partial charge in [-0.05, 0) is 60.9 Å². The van der Waals surface area contributed by atoms with Crippen LogP contribution in [0.4, 0.5) is 40.4 Å². The van der Waals surface area contributed by atoms with Gasteiger partial charge >= 0.3 is 6.36 Å². The Labute approximate surface area is 190 Å². The number of alkyl halides is 3. The minimum Gasteiger partial charge on any atom is -0.406 e. The van der Waals surface area contributed by atoms with Gasteiger partial charge in [-0.25, -0.2) is 4.39 Å². The Morgan fingerprint density at radius 1 is 0.912 bits per heavy atom. The van der Waals surface area contributed by atoms with Crippen LogP contribution in [0.1, 0.15) is 22.3 Å². The minimum atomic E-state index is -4.93. The van der Waals surface area contributed by atoms with E-state index in [1.54, 1.807) is 11.0 Å². The third-order valence-electron chi connectivity index (χ3n) is 5.70. The molecule has 3 heterocycles. The monoisotopic (exact) mass is 474 g/mol. The number of carbonyl (C=O) groups excluding carboxylic acids is 1. The first-order chi connectivity index (χ1) is 16.2. The van der Waals surface area contributed by atoms with Crippen molar-refractivity contribution in [1.82, 2.24) is 4.98 Å². The molecule has 7 nitrogen and oxygen atoms in total. The Balaban J connectivity index is 1.72. The molecule has 0 spiro atoms. The fourth-order valence-corrected chi connectivity index (χ4v) is 4.27. The molecule has 2 aromatic carbocycles. The van der Waals surface area contributed by atoms with Gasteiger partial charge in [0.15, 0.2) is 0 Å². The van der Waals surface area contributed by atoms with Crippen molar-refractivity contribution in [2.45, 2.75) is 19.2 Å². The van der Waals surface area contributed by atoms with E-state index in [1.165, 1.54) is 35.2 Å². The Bertz CT molecular complexity index is 1340. The van der Waals surface area contributed by atoms with Crippen molar-refractivity contribution >= 4 is 28.8 Å². The van der Waals surface area contributed by atoms with Crippen LogP contribution in [-0.2, 0) is 6.42 Å². The summed E-state index contributed by atoms with van der Waals surface area (Å²) < 4.78 is 56.6. The number of hydrogen-bond donors (Lipinski definition) is 2. The summed E-state index contributed by atoms with van der Waals surface area (Å²) in [5, 5.41) is 3.10. The number of aryl methyl sites for hydroxylation is 1. The van der Waals surface area contributed by atoms with Crippen molar-refractivity contribution in [3.05, 3.63) is 75.8 Å². The number of aromatic nitrogens is 1. The van der Waals surface area contributed by atoms with Crippen molar-refractivity contribution in [2.24, 2.45) is 0 Å². The molecule has 1 amide bonds. The molecule has 0 aliphatic carbocycles. The maximum Gasteiger partial charge on any atom is 0.573 e. The molecule has 2 aliphatic rings. The summed E-state index contributed by atoms with van der Waals surface area (Å²) in [7, 11) is 0. The Kier molecular flexibility index (Phi) is 5.18. The van der Waals surface area contributed by atoms with Crippen LogP contribution in [0.3, 0.4) is 0 Å². The zero-order chi connectivity index (χ0) is 24.0. The van der Waals surface area contributed by atoms with Gasteiger partial charge in [-0.1, -0.05) is 0 Å². The van der Waals surface area contributed by atoms with Crippen LogP contribution in [-0.4, -0.2) is 30.5 Å². The van der Waals surface area contributed by atoms with Gasteiger partial charge in [0.2, 0.25) is 5.56 Å². The number of nitrogens with zero attached hydrogens (tertiary/aromatic N) is 2. The Morgan fingerprint density at radius 3 is 2.47 bits per heavy atom. The van der Waals surface area contributed by atoms with Crippen molar-refractivity contribution in [3.8, 4) is 5.75 Å². The van der Waals surface area contributed by atoms with E-state index in [0.717, 1.165) is 12.1 Å². The third-order valence-corrected chi connectivity index (χ3v) is 5.70. The molecule has 0 atom stereocenters. The molecule has 34 heavy (non-hydrogen) atoms. The molecule has 0 fully saturated rings. The first kappa shape index (κ1) is 21.8. The lowest BCUT2D eigenvalue weighted by Crippen LogP contribution is -2.45. The van der Waals surface area contributed by atoms with E-state index >= 15 is 0 Å². The zero-order valence-electron chi connectivity index (χ0n) is 17.6. The molecule has 3 aromatic rings. The van der Waals surface area contributed by atoms with Gasteiger partial charge in [0.05, 0.1) is 16.9 Å². The average Bonchev–Trinajstić information content (AvgIpc) is 2.79. The summed E-state index contributed by atoms with van der Waals surface area (Å²) in [4.78, 5) is 31.2. The van der Waals surface area contributed by atoms with E-state index in [2.05, 4.69) is 15.0 Å². The van der Waals surface area contributed by atoms with Gasteiger partial charge in [-0.15, -0.1) is 13.2 Å². The second kappa shape index (κ2) is 8.08. The molecule has 0 saturated heterocycles. The highest BCUT2D eigenvalue weighted by Gasteiger charge is 2.36. The van der Waals surface area contributed by atoms with Gasteiger partial charge in [0.1, 0.15) is 24.1 Å². The second-order valence-electron chi connectivity index (χ2n) is 7.92. The van der Waals surface area contributed by atoms with E-state index < -0.39 is 23.8 Å². The van der Waals surface area contributed by atoms with E-state index in [1.807, 2.05) is 0 Å². The maximum absolute atomic E-state index is 14.1. The number of rotatable bonds is 1. The summed E-state index contributed by atoms with van der Waals surface area (Å²) in [5.41, 5.74) is 1.61. The lowest BCUT2D eigenvalue weighted by molar-refractivity contribution is -0.274. The van der Waals surface area contributed by atoms with E-state index in [9.17, 15) is 27.2 Å². The van der Waals surface area contributed by atoms with Crippen LogP contribution in [0.25, 0.3) is 0 Å². The van der Waals surface area contributed by atoms with Crippen molar-refractivity contribution in [3.63, 3.8) is 0 Å². The summed E-state index contributed by atoms with van der Waals surface area (Å²) in [6.07, 6.45) is -3.84. The van der Waals surface area contributed by atoms with Gasteiger partial charge in [0.25, 0.3) is 5.91 Å². The van der Waals surface area contributed by atoms with Crippen LogP contribution in [0.5, 0.6) is 5.75 Å². The lowest BCUT2D eigenvalue weighted by atomic mass is 10.0. The van der Waals surface area contributed by atoms with Gasteiger partial charge in [-0.2, -0.15) is 0 Å². The first-order valence-electron chi connectivity index (χ1n) is 10.4. The highest BCUT2D eigenvalue weighted by atomic mass is 19.4. The predicted octanol–water partition coefficient (Wildman–Crippen LogP) is 4.53. The summed E-state index contributed by atoms with van der Waals surface area (Å²) in [6.45, 7) is 0.423. The molecular formula is C23H18F4N4O3. The van der Waals surface area contributed by atoms with Crippen LogP contribution in [0, 0.1) is 5.82 Å². The van der Waals surface area contributed by atoms with Crippen LogP contribution in [0.15, 0.2) is 53.3 Å². The lowest BCUT2D eigenvalue weighted by Gasteiger charge is -2.39. The van der Waals surface area contributed by atoms with Crippen LogP contribution in [0.2, 0.25) is 0 Å². The fourth-order valence-electron chi connectivity index (χ4n) is 4.27. The summed E-state index contributed by atoms with van der Waals surface area (Å²) in [6, 6.07) is 10.6. The molecule has 2 bridgehead atoms. The number of aromatic amines is 1. The number of H-pyrrole nitrogens is 1. The number of halogens is 4. The van der Waals surface area contributed by atoms with Gasteiger partial charge in [-0.3, -0.25) is 14.5 Å². The van der Waals surface area contributed by atoms with Gasteiger partial charge < -0.3 is 19.9 Å². The van der Waals surface area contributed by atoms with Crippen molar-refractivity contribution < 1.29 is 27.1 Å². The van der Waals surface area contributed by atoms with E-state index in [-0.39, 0.29) is 17.8 Å². The zero-order valence-corrected chi connectivity index (χ0v) is 17.6. The van der Waals surface area contributed by atoms with Crippen LogP contribution >= 0.6 is 0 Å². The number of hydrogen-bond acceptors (Lipinski definition) is 5. The van der Waals surface area contributed by atoms with E-state index in [4.69, 9.17) is 0 Å². The smallest absolute Gasteiger partial charge is 0.406 e. The SMILES string of the molecule is O=C1c2cc(OC(F)(F)F)ccc2N2CN1c1ccc(=O)[nH]c1NCCCc1cc(F)ccc12.